The minimum atomic E-state index is -0.203. The highest BCUT2D eigenvalue weighted by atomic mass is 79.9. The van der Waals surface area contributed by atoms with E-state index >= 15 is 0 Å². The van der Waals surface area contributed by atoms with Crippen molar-refractivity contribution in [1.29, 1.82) is 0 Å². The number of anilines is 1. The first-order valence-electron chi connectivity index (χ1n) is 5.73. The highest BCUT2D eigenvalue weighted by Gasteiger charge is 2.07. The molecule has 0 aliphatic rings. The van der Waals surface area contributed by atoms with E-state index in [9.17, 15) is 4.79 Å². The van der Waals surface area contributed by atoms with Crippen molar-refractivity contribution in [3.63, 3.8) is 0 Å². The zero-order chi connectivity index (χ0) is 13.7. The predicted molar refractivity (Wildman–Crippen MR) is 79.6 cm³/mol. The molecule has 0 atom stereocenters. The number of thiophene rings is 1. The van der Waals surface area contributed by atoms with Crippen molar-refractivity contribution in [2.24, 2.45) is 0 Å². The van der Waals surface area contributed by atoms with E-state index in [1.54, 1.807) is 30.5 Å². The van der Waals surface area contributed by atoms with Crippen molar-refractivity contribution in [1.82, 2.24) is 15.5 Å². The van der Waals surface area contributed by atoms with Crippen LogP contribution < -0.4 is 10.6 Å². The number of aromatic nitrogens is 2. The molecule has 0 aliphatic heterocycles. The van der Waals surface area contributed by atoms with Crippen molar-refractivity contribution in [2.75, 3.05) is 18.9 Å². The van der Waals surface area contributed by atoms with Gasteiger partial charge in [0, 0.05) is 18.5 Å². The monoisotopic (exact) mass is 340 g/mol. The van der Waals surface area contributed by atoms with Gasteiger partial charge in [-0.15, -0.1) is 21.5 Å². The quantitative estimate of drug-likeness (QED) is 0.876. The molecule has 2 N–H and O–H groups in total. The average Bonchev–Trinajstić information content (AvgIpc) is 2.84. The summed E-state index contributed by atoms with van der Waals surface area (Å²) in [6, 6.07) is 7.42. The number of amides is 1. The molecular weight excluding hydrogens is 328 g/mol. The number of carbonyl (C=O) groups is 1. The molecule has 2 rings (SSSR count). The first-order chi connectivity index (χ1) is 9.19. The van der Waals surface area contributed by atoms with E-state index < -0.39 is 0 Å². The van der Waals surface area contributed by atoms with Crippen LogP contribution in [0.3, 0.4) is 0 Å². The van der Waals surface area contributed by atoms with Gasteiger partial charge < -0.3 is 10.6 Å². The van der Waals surface area contributed by atoms with E-state index in [1.165, 1.54) is 4.88 Å². The van der Waals surface area contributed by atoms with Crippen LogP contribution >= 0.6 is 27.3 Å². The van der Waals surface area contributed by atoms with E-state index in [0.717, 1.165) is 10.2 Å². The third-order valence-corrected chi connectivity index (χ3v) is 4.12. The summed E-state index contributed by atoms with van der Waals surface area (Å²) in [7, 11) is 1.75. The summed E-state index contributed by atoms with van der Waals surface area (Å²) in [5.41, 5.74) is 0.325. The lowest BCUT2D eigenvalue weighted by molar-refractivity contribution is 0.0948. The van der Waals surface area contributed by atoms with Crippen LogP contribution in [0.5, 0.6) is 0 Å². The SMILES string of the molecule is CNc1ccc(C(=O)NCCc2ccc(Br)s2)nn1. The smallest absolute Gasteiger partial charge is 0.271 e. The maximum absolute atomic E-state index is 11.8. The van der Waals surface area contributed by atoms with Gasteiger partial charge in [-0.1, -0.05) is 0 Å². The van der Waals surface area contributed by atoms with Gasteiger partial charge in [-0.25, -0.2) is 0 Å². The molecule has 0 saturated heterocycles. The molecule has 2 aromatic heterocycles. The Kier molecular flexibility index (Phi) is 4.86. The summed E-state index contributed by atoms with van der Waals surface area (Å²) in [6.07, 6.45) is 0.810. The molecule has 0 bridgehead atoms. The predicted octanol–water partition coefficient (Wildman–Crippen LogP) is 2.31. The average molecular weight is 341 g/mol. The van der Waals surface area contributed by atoms with Crippen LogP contribution in [0.1, 0.15) is 15.4 Å². The van der Waals surface area contributed by atoms with Crippen LogP contribution in [0.15, 0.2) is 28.1 Å². The zero-order valence-electron chi connectivity index (χ0n) is 10.3. The van der Waals surface area contributed by atoms with Gasteiger partial charge >= 0.3 is 0 Å². The second-order valence-electron chi connectivity index (χ2n) is 3.77. The number of rotatable bonds is 5. The Morgan fingerprint density at radius 1 is 1.32 bits per heavy atom. The van der Waals surface area contributed by atoms with Crippen LogP contribution in [-0.2, 0) is 6.42 Å². The number of carbonyl (C=O) groups excluding carboxylic acids is 1. The normalized spacial score (nSPS) is 10.2. The first-order valence-corrected chi connectivity index (χ1v) is 7.34. The van der Waals surface area contributed by atoms with Crippen LogP contribution in [0, 0.1) is 0 Å². The molecule has 0 aliphatic carbocycles. The lowest BCUT2D eigenvalue weighted by Crippen LogP contribution is -2.26. The van der Waals surface area contributed by atoms with Gasteiger partial charge in [0.05, 0.1) is 3.79 Å². The summed E-state index contributed by atoms with van der Waals surface area (Å²) in [5.74, 6) is 0.436. The summed E-state index contributed by atoms with van der Waals surface area (Å²) in [4.78, 5) is 13.0. The molecule has 1 amide bonds. The zero-order valence-corrected chi connectivity index (χ0v) is 12.7. The molecule has 5 nitrogen and oxygen atoms in total. The molecule has 0 unspecified atom stereocenters. The van der Waals surface area contributed by atoms with Crippen molar-refractivity contribution in [3.05, 3.63) is 38.6 Å². The Balaban J connectivity index is 1.83. The van der Waals surface area contributed by atoms with E-state index in [0.29, 0.717) is 18.1 Å². The Hall–Kier alpha value is -1.47. The van der Waals surface area contributed by atoms with Crippen LogP contribution in [0.25, 0.3) is 0 Å². The molecular formula is C12H13BrN4OS. The fraction of sp³-hybridized carbons (Fsp3) is 0.250. The number of hydrogen-bond acceptors (Lipinski definition) is 5. The number of halogens is 1. The molecule has 2 heterocycles. The van der Waals surface area contributed by atoms with Gasteiger partial charge in [0.25, 0.3) is 5.91 Å². The lowest BCUT2D eigenvalue weighted by Gasteiger charge is -2.03. The van der Waals surface area contributed by atoms with Crippen molar-refractivity contribution in [2.45, 2.75) is 6.42 Å². The Labute approximate surface area is 123 Å². The van der Waals surface area contributed by atoms with Gasteiger partial charge in [-0.2, -0.15) is 0 Å². The van der Waals surface area contributed by atoms with Gasteiger partial charge in [-0.3, -0.25) is 4.79 Å². The molecule has 19 heavy (non-hydrogen) atoms. The lowest BCUT2D eigenvalue weighted by atomic mass is 10.3. The van der Waals surface area contributed by atoms with Crippen LogP contribution in [0.4, 0.5) is 5.82 Å². The van der Waals surface area contributed by atoms with E-state index in [2.05, 4.69) is 36.8 Å². The van der Waals surface area contributed by atoms with E-state index in [1.807, 2.05) is 12.1 Å². The van der Waals surface area contributed by atoms with Crippen molar-refractivity contribution < 1.29 is 4.79 Å². The molecule has 0 radical (unpaired) electrons. The second kappa shape index (κ2) is 6.63. The minimum absolute atomic E-state index is 0.203. The van der Waals surface area contributed by atoms with Gasteiger partial charge in [0.1, 0.15) is 5.82 Å². The van der Waals surface area contributed by atoms with Crippen LogP contribution in [0.2, 0.25) is 0 Å². The van der Waals surface area contributed by atoms with Crippen LogP contribution in [-0.4, -0.2) is 29.7 Å². The fourth-order valence-electron chi connectivity index (χ4n) is 1.46. The third kappa shape index (κ3) is 4.00. The highest BCUT2D eigenvalue weighted by Crippen LogP contribution is 2.22. The second-order valence-corrected chi connectivity index (χ2v) is 6.31. The topological polar surface area (TPSA) is 66.9 Å². The molecule has 0 saturated carbocycles. The standard InChI is InChI=1S/C12H13BrN4OS/c1-14-11-5-3-9(16-17-11)12(18)15-7-6-8-2-4-10(13)19-8/h2-5H,6-7H2,1H3,(H,14,17)(H,15,18). The summed E-state index contributed by atoms with van der Waals surface area (Å²) in [5, 5.41) is 13.4. The molecule has 0 spiro atoms. The maximum Gasteiger partial charge on any atom is 0.271 e. The Bertz CT molecular complexity index is 555. The van der Waals surface area contributed by atoms with Gasteiger partial charge in [0.2, 0.25) is 0 Å². The number of hydrogen-bond donors (Lipinski definition) is 2. The molecule has 0 aromatic carbocycles. The summed E-state index contributed by atoms with van der Waals surface area (Å²) >= 11 is 5.08. The Morgan fingerprint density at radius 2 is 2.16 bits per heavy atom. The number of nitrogens with one attached hydrogen (secondary N) is 2. The largest absolute Gasteiger partial charge is 0.372 e. The first kappa shape index (κ1) is 14.0. The maximum atomic E-state index is 11.8. The number of nitrogens with zero attached hydrogens (tertiary/aromatic N) is 2. The third-order valence-electron chi connectivity index (χ3n) is 2.44. The summed E-state index contributed by atoms with van der Waals surface area (Å²) < 4.78 is 1.10. The molecule has 7 heteroatoms. The molecule has 2 aromatic rings. The van der Waals surface area contributed by atoms with Gasteiger partial charge in [-0.05, 0) is 46.6 Å². The molecule has 0 fully saturated rings. The van der Waals surface area contributed by atoms with Crippen molar-refractivity contribution >= 4 is 39.0 Å². The minimum Gasteiger partial charge on any atom is -0.372 e. The summed E-state index contributed by atoms with van der Waals surface area (Å²) in [6.45, 7) is 0.585. The van der Waals surface area contributed by atoms with Crippen molar-refractivity contribution in [3.8, 4) is 0 Å². The highest BCUT2D eigenvalue weighted by molar-refractivity contribution is 9.11. The van der Waals surface area contributed by atoms with E-state index in [-0.39, 0.29) is 5.91 Å². The molecule has 100 valence electrons. The van der Waals surface area contributed by atoms with E-state index in [4.69, 9.17) is 0 Å². The van der Waals surface area contributed by atoms with Gasteiger partial charge in [0.15, 0.2) is 5.69 Å². The fourth-order valence-corrected chi connectivity index (χ4v) is 2.95. The Morgan fingerprint density at radius 3 is 2.74 bits per heavy atom.